The summed E-state index contributed by atoms with van der Waals surface area (Å²) in [5, 5.41) is 9.78. The van der Waals surface area contributed by atoms with Crippen LogP contribution in [0.3, 0.4) is 0 Å². The maximum absolute atomic E-state index is 12.6. The molecule has 3 saturated carbocycles. The zero-order valence-corrected chi connectivity index (χ0v) is 15.3. The van der Waals surface area contributed by atoms with Crippen LogP contribution in [0.25, 0.3) is 0 Å². The summed E-state index contributed by atoms with van der Waals surface area (Å²) >= 11 is 0. The molecule has 1 N–H and O–H groups in total. The molecule has 5 nitrogen and oxygen atoms in total. The lowest BCUT2D eigenvalue weighted by Gasteiger charge is -2.50. The Labute approximate surface area is 150 Å². The van der Waals surface area contributed by atoms with E-state index in [0.717, 1.165) is 31.1 Å². The van der Waals surface area contributed by atoms with Crippen LogP contribution in [0.2, 0.25) is 0 Å². The van der Waals surface area contributed by atoms with Gasteiger partial charge in [-0.05, 0) is 55.8 Å². The molecule has 6 atom stereocenters. The van der Waals surface area contributed by atoms with Crippen LogP contribution in [0, 0.1) is 29.6 Å². The van der Waals surface area contributed by atoms with Crippen LogP contribution in [-0.2, 0) is 19.1 Å². The Morgan fingerprint density at radius 2 is 1.60 bits per heavy atom. The van der Waals surface area contributed by atoms with E-state index in [-0.39, 0.29) is 25.1 Å². The van der Waals surface area contributed by atoms with Crippen LogP contribution in [0.5, 0.6) is 0 Å². The van der Waals surface area contributed by atoms with Gasteiger partial charge in [0.25, 0.3) is 0 Å². The largest absolute Gasteiger partial charge is 0.463 e. The third-order valence-corrected chi connectivity index (χ3v) is 6.71. The molecule has 25 heavy (non-hydrogen) atoms. The van der Waals surface area contributed by atoms with Crippen LogP contribution >= 0.6 is 0 Å². The molecule has 0 spiro atoms. The van der Waals surface area contributed by atoms with Crippen molar-refractivity contribution in [1.82, 2.24) is 0 Å². The lowest BCUT2D eigenvalue weighted by molar-refractivity contribution is -0.160. The lowest BCUT2D eigenvalue weighted by atomic mass is 9.55. The Hall–Kier alpha value is -1.10. The molecule has 0 heterocycles. The highest BCUT2D eigenvalue weighted by atomic mass is 16.6. The molecule has 3 fully saturated rings. The molecule has 3 aliphatic carbocycles. The second-order valence-corrected chi connectivity index (χ2v) is 8.24. The van der Waals surface area contributed by atoms with Gasteiger partial charge in [-0.3, -0.25) is 9.59 Å². The topological polar surface area (TPSA) is 72.8 Å². The Kier molecular flexibility index (Phi) is 6.37. The van der Waals surface area contributed by atoms with Gasteiger partial charge in [0, 0.05) is 6.92 Å². The van der Waals surface area contributed by atoms with Gasteiger partial charge < -0.3 is 14.6 Å². The second kappa shape index (κ2) is 8.52. The van der Waals surface area contributed by atoms with Gasteiger partial charge in [0.05, 0.1) is 5.92 Å². The predicted octanol–water partition coefficient (Wildman–Crippen LogP) is 3.09. The van der Waals surface area contributed by atoms with Crippen molar-refractivity contribution < 1.29 is 24.2 Å². The minimum atomic E-state index is -0.943. The van der Waals surface area contributed by atoms with Crippen molar-refractivity contribution in [3.63, 3.8) is 0 Å². The third kappa shape index (κ3) is 4.55. The molecular formula is C20H32O5. The van der Waals surface area contributed by atoms with Gasteiger partial charge in [0.15, 0.2) is 0 Å². The normalized spacial score (nSPS) is 35.8. The van der Waals surface area contributed by atoms with E-state index in [9.17, 15) is 14.7 Å². The van der Waals surface area contributed by atoms with E-state index in [1.807, 2.05) is 0 Å². The van der Waals surface area contributed by atoms with Crippen molar-refractivity contribution in [2.45, 2.75) is 70.8 Å². The summed E-state index contributed by atoms with van der Waals surface area (Å²) in [5.41, 5.74) is 0. The van der Waals surface area contributed by atoms with Gasteiger partial charge in [-0.25, -0.2) is 0 Å². The first kappa shape index (κ1) is 18.7. The van der Waals surface area contributed by atoms with E-state index in [1.165, 1.54) is 45.4 Å². The molecule has 0 aromatic rings. The molecule has 0 aromatic carbocycles. The van der Waals surface area contributed by atoms with Crippen molar-refractivity contribution >= 4 is 11.9 Å². The first-order chi connectivity index (χ1) is 12.1. The number of carbonyl (C=O) groups excluding carboxylic acids is 2. The Balaban J connectivity index is 1.53. The van der Waals surface area contributed by atoms with E-state index >= 15 is 0 Å². The molecule has 0 aliphatic heterocycles. The maximum atomic E-state index is 12.6. The molecule has 0 aromatic heterocycles. The summed E-state index contributed by atoms with van der Waals surface area (Å²) in [6, 6.07) is 0. The highest BCUT2D eigenvalue weighted by molar-refractivity contribution is 5.73. The highest BCUT2D eigenvalue weighted by Crippen LogP contribution is 2.53. The van der Waals surface area contributed by atoms with Gasteiger partial charge in [-0.2, -0.15) is 0 Å². The quantitative estimate of drug-likeness (QED) is 0.770. The Morgan fingerprint density at radius 3 is 2.40 bits per heavy atom. The smallest absolute Gasteiger partial charge is 0.309 e. The van der Waals surface area contributed by atoms with Crippen molar-refractivity contribution in [1.29, 1.82) is 0 Å². The molecule has 3 rings (SSSR count). The van der Waals surface area contributed by atoms with Crippen LogP contribution in [0.4, 0.5) is 0 Å². The number of aliphatic hydroxyl groups is 1. The average Bonchev–Trinajstić information content (AvgIpc) is 2.63. The number of fused-ring (bicyclic) bond motifs is 3. The van der Waals surface area contributed by atoms with E-state index in [4.69, 9.17) is 9.47 Å². The minimum Gasteiger partial charge on any atom is -0.463 e. The van der Waals surface area contributed by atoms with Crippen molar-refractivity contribution in [2.75, 3.05) is 13.2 Å². The molecule has 0 bridgehead atoms. The number of hydrogen-bond donors (Lipinski definition) is 1. The van der Waals surface area contributed by atoms with Gasteiger partial charge in [-0.1, -0.05) is 25.7 Å². The van der Waals surface area contributed by atoms with Gasteiger partial charge in [0.2, 0.25) is 0 Å². The summed E-state index contributed by atoms with van der Waals surface area (Å²) in [6.07, 6.45) is 10.2. The van der Waals surface area contributed by atoms with Crippen LogP contribution in [0.15, 0.2) is 0 Å². The van der Waals surface area contributed by atoms with E-state index in [0.29, 0.717) is 11.8 Å². The van der Waals surface area contributed by atoms with E-state index in [1.54, 1.807) is 0 Å². The number of esters is 2. The number of ether oxygens (including phenoxy) is 2. The summed E-state index contributed by atoms with van der Waals surface area (Å²) in [7, 11) is 0. The summed E-state index contributed by atoms with van der Waals surface area (Å²) in [6.45, 7) is 1.08. The lowest BCUT2D eigenvalue weighted by Crippen LogP contribution is -2.44. The highest BCUT2D eigenvalue weighted by Gasteiger charge is 2.46. The molecule has 3 unspecified atom stereocenters. The zero-order chi connectivity index (χ0) is 17.8. The predicted molar refractivity (Wildman–Crippen MR) is 92.6 cm³/mol. The molecule has 0 saturated heterocycles. The second-order valence-electron chi connectivity index (χ2n) is 8.24. The number of aliphatic hydroxyl groups excluding tert-OH is 1. The average molecular weight is 352 g/mol. The fourth-order valence-electron chi connectivity index (χ4n) is 5.65. The van der Waals surface area contributed by atoms with Crippen LogP contribution < -0.4 is 0 Å². The molecule has 0 radical (unpaired) electrons. The van der Waals surface area contributed by atoms with Crippen molar-refractivity contribution in [2.24, 2.45) is 29.6 Å². The monoisotopic (exact) mass is 352 g/mol. The number of carbonyl (C=O) groups is 2. The Bertz CT molecular complexity index is 477. The SMILES string of the molecule is CC(=O)OC[C@H](O)COC(=O)[C@@H]1CCCC2C3CCCC[C@@H]3CCC21. The standard InChI is InChI=1S/C20H32O5/c1-13(21)24-11-15(22)12-25-20(23)19-8-4-7-17-16-6-3-2-5-14(16)9-10-18(17)19/h14-19,22H,2-12H2,1H3/t14-,15+,16?,17?,18?,19-/m1/s1. The summed E-state index contributed by atoms with van der Waals surface area (Å²) < 4.78 is 10.1. The summed E-state index contributed by atoms with van der Waals surface area (Å²) in [5.74, 6) is 2.24. The van der Waals surface area contributed by atoms with E-state index < -0.39 is 12.1 Å². The maximum Gasteiger partial charge on any atom is 0.309 e. The van der Waals surface area contributed by atoms with Crippen molar-refractivity contribution in [3.05, 3.63) is 0 Å². The molecule has 0 amide bonds. The molecule has 3 aliphatic rings. The van der Waals surface area contributed by atoms with Crippen molar-refractivity contribution in [3.8, 4) is 0 Å². The fraction of sp³-hybridized carbons (Fsp3) is 0.900. The Morgan fingerprint density at radius 1 is 0.880 bits per heavy atom. The van der Waals surface area contributed by atoms with Crippen LogP contribution in [0.1, 0.15) is 64.7 Å². The summed E-state index contributed by atoms with van der Waals surface area (Å²) in [4.78, 5) is 23.4. The molecular weight excluding hydrogens is 320 g/mol. The zero-order valence-electron chi connectivity index (χ0n) is 15.3. The number of rotatable bonds is 5. The van der Waals surface area contributed by atoms with Gasteiger partial charge in [-0.15, -0.1) is 0 Å². The minimum absolute atomic E-state index is 0.0115. The first-order valence-electron chi connectivity index (χ1n) is 10.0. The van der Waals surface area contributed by atoms with Crippen LogP contribution in [-0.4, -0.2) is 36.4 Å². The molecule has 142 valence electrons. The third-order valence-electron chi connectivity index (χ3n) is 6.71. The molecule has 5 heteroatoms. The fourth-order valence-corrected chi connectivity index (χ4v) is 5.65. The van der Waals surface area contributed by atoms with E-state index in [2.05, 4.69) is 0 Å². The number of hydrogen-bond acceptors (Lipinski definition) is 5. The van der Waals surface area contributed by atoms with Gasteiger partial charge >= 0.3 is 11.9 Å². The van der Waals surface area contributed by atoms with Gasteiger partial charge in [0.1, 0.15) is 19.3 Å². The first-order valence-corrected chi connectivity index (χ1v) is 10.0.